The smallest absolute Gasteiger partial charge is 0.127 e. The monoisotopic (exact) mass is 333 g/mol. The minimum atomic E-state index is -0.193. The Morgan fingerprint density at radius 2 is 1.70 bits per heavy atom. The Kier molecular flexibility index (Phi) is 4.51. The van der Waals surface area contributed by atoms with Gasteiger partial charge in [0.2, 0.25) is 0 Å². The van der Waals surface area contributed by atoms with Gasteiger partial charge in [0.1, 0.15) is 5.75 Å². The van der Waals surface area contributed by atoms with Crippen LogP contribution in [0.5, 0.6) is 5.75 Å². The van der Waals surface area contributed by atoms with Gasteiger partial charge in [-0.25, -0.2) is 0 Å². The molecule has 0 amide bonds. The van der Waals surface area contributed by atoms with Crippen LogP contribution >= 0.6 is 15.9 Å². The van der Waals surface area contributed by atoms with Crippen LogP contribution in [0.4, 0.5) is 0 Å². The molecule has 0 aliphatic rings. The minimum Gasteiger partial charge on any atom is -0.496 e. The van der Waals surface area contributed by atoms with Crippen molar-refractivity contribution in [2.45, 2.75) is 26.8 Å². The van der Waals surface area contributed by atoms with Crippen LogP contribution in [0.15, 0.2) is 34.8 Å². The molecule has 0 spiro atoms. The van der Waals surface area contributed by atoms with Crippen molar-refractivity contribution < 1.29 is 4.74 Å². The largest absolute Gasteiger partial charge is 0.496 e. The number of halogens is 1. The van der Waals surface area contributed by atoms with Crippen molar-refractivity contribution in [2.75, 3.05) is 7.11 Å². The Morgan fingerprint density at radius 3 is 2.35 bits per heavy atom. The summed E-state index contributed by atoms with van der Waals surface area (Å²) in [6.45, 7) is 6.22. The van der Waals surface area contributed by atoms with E-state index in [1.807, 2.05) is 12.1 Å². The van der Waals surface area contributed by atoms with E-state index in [0.717, 1.165) is 26.9 Å². The Bertz CT molecular complexity index is 637. The third-order valence-electron chi connectivity index (χ3n) is 3.89. The van der Waals surface area contributed by atoms with Crippen molar-refractivity contribution in [1.29, 1.82) is 0 Å². The number of hydrogen-bond donors (Lipinski definition) is 1. The van der Waals surface area contributed by atoms with Crippen molar-refractivity contribution in [3.63, 3.8) is 0 Å². The second-order valence-electron chi connectivity index (χ2n) is 5.06. The molecule has 2 aromatic carbocycles. The third kappa shape index (κ3) is 2.60. The summed E-state index contributed by atoms with van der Waals surface area (Å²) >= 11 is 3.56. The zero-order valence-electron chi connectivity index (χ0n) is 12.3. The van der Waals surface area contributed by atoms with Crippen molar-refractivity contribution in [1.82, 2.24) is 0 Å². The first kappa shape index (κ1) is 15.1. The average Bonchev–Trinajstić information content (AvgIpc) is 2.44. The Morgan fingerprint density at radius 1 is 1.00 bits per heavy atom. The fraction of sp³-hybridized carbons (Fsp3) is 0.294. The fourth-order valence-corrected chi connectivity index (χ4v) is 2.84. The summed E-state index contributed by atoms with van der Waals surface area (Å²) in [5.74, 6) is 0.886. The van der Waals surface area contributed by atoms with Gasteiger partial charge in [-0.15, -0.1) is 0 Å². The highest BCUT2D eigenvalue weighted by Crippen LogP contribution is 2.35. The zero-order valence-corrected chi connectivity index (χ0v) is 13.9. The highest BCUT2D eigenvalue weighted by Gasteiger charge is 2.18. The van der Waals surface area contributed by atoms with Crippen LogP contribution in [-0.2, 0) is 0 Å². The molecule has 3 heteroatoms. The summed E-state index contributed by atoms with van der Waals surface area (Å²) in [6.07, 6.45) is 0. The lowest BCUT2D eigenvalue weighted by atomic mass is 9.92. The second-order valence-corrected chi connectivity index (χ2v) is 5.92. The van der Waals surface area contributed by atoms with Crippen LogP contribution < -0.4 is 10.5 Å². The zero-order chi connectivity index (χ0) is 14.9. The van der Waals surface area contributed by atoms with Crippen LogP contribution in [0.25, 0.3) is 0 Å². The van der Waals surface area contributed by atoms with Crippen molar-refractivity contribution in [3.05, 3.63) is 62.6 Å². The van der Waals surface area contributed by atoms with E-state index in [0.29, 0.717) is 0 Å². The maximum Gasteiger partial charge on any atom is 0.127 e. The standard InChI is InChI=1S/C17H20BrNO/c1-10-8-9-14(17(20-4)11(10)2)16(19)13-6-5-7-15(18)12(13)3/h5-9,16H,19H2,1-4H3. The molecule has 0 aliphatic heterocycles. The first-order valence-electron chi connectivity index (χ1n) is 6.62. The molecule has 0 aromatic heterocycles. The van der Waals surface area contributed by atoms with Crippen LogP contribution in [-0.4, -0.2) is 7.11 Å². The lowest BCUT2D eigenvalue weighted by Gasteiger charge is -2.21. The molecule has 0 fully saturated rings. The predicted octanol–water partition coefficient (Wildman–Crippen LogP) is 4.43. The van der Waals surface area contributed by atoms with Crippen LogP contribution in [0.2, 0.25) is 0 Å². The van der Waals surface area contributed by atoms with Gasteiger partial charge in [0.15, 0.2) is 0 Å². The maximum atomic E-state index is 6.48. The van der Waals surface area contributed by atoms with E-state index in [1.54, 1.807) is 7.11 Å². The number of ether oxygens (including phenoxy) is 1. The molecule has 1 atom stereocenters. The number of methoxy groups -OCH3 is 1. The molecule has 106 valence electrons. The van der Waals surface area contributed by atoms with Crippen LogP contribution in [0.3, 0.4) is 0 Å². The van der Waals surface area contributed by atoms with E-state index in [1.165, 1.54) is 11.1 Å². The summed E-state index contributed by atoms with van der Waals surface area (Å²) in [4.78, 5) is 0. The summed E-state index contributed by atoms with van der Waals surface area (Å²) in [5.41, 5.74) is 12.1. The number of rotatable bonds is 3. The lowest BCUT2D eigenvalue weighted by Crippen LogP contribution is -2.15. The molecule has 0 aliphatic carbocycles. The van der Waals surface area contributed by atoms with Crippen molar-refractivity contribution in [3.8, 4) is 5.75 Å². The van der Waals surface area contributed by atoms with E-state index < -0.39 is 0 Å². The molecule has 2 rings (SSSR count). The lowest BCUT2D eigenvalue weighted by molar-refractivity contribution is 0.404. The van der Waals surface area contributed by atoms with E-state index >= 15 is 0 Å². The van der Waals surface area contributed by atoms with Gasteiger partial charge in [-0.1, -0.05) is 40.2 Å². The van der Waals surface area contributed by atoms with Gasteiger partial charge in [0, 0.05) is 10.0 Å². The number of hydrogen-bond acceptors (Lipinski definition) is 2. The minimum absolute atomic E-state index is 0.193. The molecule has 1 unspecified atom stereocenters. The molecule has 0 radical (unpaired) electrons. The Hall–Kier alpha value is -1.32. The Labute approximate surface area is 129 Å². The topological polar surface area (TPSA) is 35.2 Å². The van der Waals surface area contributed by atoms with Crippen LogP contribution in [0, 0.1) is 20.8 Å². The quantitative estimate of drug-likeness (QED) is 0.901. The van der Waals surface area contributed by atoms with E-state index in [4.69, 9.17) is 10.5 Å². The highest BCUT2D eigenvalue weighted by molar-refractivity contribution is 9.10. The SMILES string of the molecule is COc1c(C(N)c2cccc(Br)c2C)ccc(C)c1C. The summed E-state index contributed by atoms with van der Waals surface area (Å²) in [7, 11) is 1.70. The predicted molar refractivity (Wildman–Crippen MR) is 87.4 cm³/mol. The fourth-order valence-electron chi connectivity index (χ4n) is 2.46. The highest BCUT2D eigenvalue weighted by atomic mass is 79.9. The maximum absolute atomic E-state index is 6.48. The molecular formula is C17H20BrNO. The van der Waals surface area contributed by atoms with Crippen molar-refractivity contribution >= 4 is 15.9 Å². The molecule has 0 saturated carbocycles. The van der Waals surface area contributed by atoms with E-state index in [-0.39, 0.29) is 6.04 Å². The van der Waals surface area contributed by atoms with E-state index in [9.17, 15) is 0 Å². The van der Waals surface area contributed by atoms with E-state index in [2.05, 4.69) is 54.9 Å². The van der Waals surface area contributed by atoms with Gasteiger partial charge in [-0.05, 0) is 49.1 Å². The summed E-state index contributed by atoms with van der Waals surface area (Å²) in [5, 5.41) is 0. The Balaban J connectivity index is 2.56. The van der Waals surface area contributed by atoms with Gasteiger partial charge < -0.3 is 10.5 Å². The number of aryl methyl sites for hydroxylation is 1. The molecule has 0 saturated heterocycles. The average molecular weight is 334 g/mol. The van der Waals surface area contributed by atoms with Gasteiger partial charge in [-0.3, -0.25) is 0 Å². The first-order chi connectivity index (χ1) is 9.47. The van der Waals surface area contributed by atoms with Gasteiger partial charge in [0.05, 0.1) is 13.2 Å². The molecule has 0 heterocycles. The summed E-state index contributed by atoms with van der Waals surface area (Å²) < 4.78 is 6.66. The van der Waals surface area contributed by atoms with Gasteiger partial charge in [0.25, 0.3) is 0 Å². The normalized spacial score (nSPS) is 12.3. The molecule has 2 aromatic rings. The summed E-state index contributed by atoms with van der Waals surface area (Å²) in [6, 6.07) is 10.1. The third-order valence-corrected chi connectivity index (χ3v) is 4.75. The first-order valence-corrected chi connectivity index (χ1v) is 7.41. The molecule has 0 bridgehead atoms. The second kappa shape index (κ2) is 5.98. The van der Waals surface area contributed by atoms with Gasteiger partial charge in [-0.2, -0.15) is 0 Å². The molecule has 2 N–H and O–H groups in total. The molecule has 20 heavy (non-hydrogen) atoms. The van der Waals surface area contributed by atoms with Crippen LogP contribution in [0.1, 0.15) is 33.9 Å². The molecule has 2 nitrogen and oxygen atoms in total. The number of benzene rings is 2. The molecular weight excluding hydrogens is 314 g/mol. The van der Waals surface area contributed by atoms with Crippen molar-refractivity contribution in [2.24, 2.45) is 5.73 Å². The number of nitrogens with two attached hydrogens (primary N) is 1. The van der Waals surface area contributed by atoms with Gasteiger partial charge >= 0.3 is 0 Å².